The summed E-state index contributed by atoms with van der Waals surface area (Å²) in [4.78, 5) is 6.62. The van der Waals surface area contributed by atoms with Gasteiger partial charge in [-0.05, 0) is 42.6 Å². The standard InChI is InChI=1S/C28H31N7O2/c29-28-27-25(21-8-9-22-16-34(32-26(22)13-21)15-20-5-2-1-3-6-20)14-23(35(27)31-19-30-28)7-4-10-33-11-12-37-24(17-33)18-36/h1-3,5-6,8-9,13-14,16,19,24,36H,4,7,10-12,15,17-18H2,(H2,29,30,31). The van der Waals surface area contributed by atoms with Crippen LogP contribution in [0.3, 0.4) is 0 Å². The van der Waals surface area contributed by atoms with Crippen molar-refractivity contribution >= 4 is 22.2 Å². The number of ether oxygens (including phenoxy) is 1. The fraction of sp³-hybridized carbons (Fsp3) is 0.321. The van der Waals surface area contributed by atoms with Gasteiger partial charge in [0.05, 0.1) is 31.4 Å². The summed E-state index contributed by atoms with van der Waals surface area (Å²) in [6, 6.07) is 18.9. The number of hydrogen-bond donors (Lipinski definition) is 2. The lowest BCUT2D eigenvalue weighted by atomic mass is 10.0. The Labute approximate surface area is 215 Å². The summed E-state index contributed by atoms with van der Waals surface area (Å²) in [6.45, 7) is 4.05. The van der Waals surface area contributed by atoms with Crippen molar-refractivity contribution < 1.29 is 9.84 Å². The lowest BCUT2D eigenvalue weighted by molar-refractivity contribution is -0.0528. The molecule has 3 N–H and O–H groups in total. The van der Waals surface area contributed by atoms with Gasteiger partial charge in [0.2, 0.25) is 0 Å². The third-order valence-corrected chi connectivity index (χ3v) is 7.04. The number of fused-ring (bicyclic) bond motifs is 2. The van der Waals surface area contributed by atoms with Gasteiger partial charge in [-0.15, -0.1) is 0 Å². The molecule has 9 heteroatoms. The van der Waals surface area contributed by atoms with Crippen LogP contribution in [0.4, 0.5) is 5.82 Å². The number of hydrogen-bond acceptors (Lipinski definition) is 7. The summed E-state index contributed by atoms with van der Waals surface area (Å²) < 4.78 is 9.48. The first-order valence-corrected chi connectivity index (χ1v) is 12.8. The Morgan fingerprint density at radius 3 is 2.86 bits per heavy atom. The van der Waals surface area contributed by atoms with Gasteiger partial charge in [0.1, 0.15) is 11.8 Å². The molecule has 1 fully saturated rings. The molecule has 0 amide bonds. The highest BCUT2D eigenvalue weighted by Crippen LogP contribution is 2.32. The molecule has 1 aliphatic rings. The highest BCUT2D eigenvalue weighted by Gasteiger charge is 2.20. The van der Waals surface area contributed by atoms with Crippen molar-refractivity contribution in [2.24, 2.45) is 0 Å². The molecule has 37 heavy (non-hydrogen) atoms. The summed E-state index contributed by atoms with van der Waals surface area (Å²) in [5, 5.41) is 19.9. The minimum atomic E-state index is -0.0897. The van der Waals surface area contributed by atoms with E-state index in [4.69, 9.17) is 15.6 Å². The van der Waals surface area contributed by atoms with E-state index in [1.165, 1.54) is 11.9 Å². The van der Waals surface area contributed by atoms with Gasteiger partial charge >= 0.3 is 0 Å². The van der Waals surface area contributed by atoms with Crippen molar-refractivity contribution in [3.8, 4) is 11.1 Å². The fourth-order valence-corrected chi connectivity index (χ4v) is 5.20. The number of benzene rings is 2. The van der Waals surface area contributed by atoms with Crippen LogP contribution in [0.25, 0.3) is 27.5 Å². The quantitative estimate of drug-likeness (QED) is 0.339. The number of aliphatic hydroxyl groups excluding tert-OH is 1. The van der Waals surface area contributed by atoms with Crippen LogP contribution in [0, 0.1) is 0 Å². The van der Waals surface area contributed by atoms with Crippen LogP contribution in [0.2, 0.25) is 0 Å². The average Bonchev–Trinajstić information content (AvgIpc) is 3.50. The minimum Gasteiger partial charge on any atom is -0.394 e. The van der Waals surface area contributed by atoms with Gasteiger partial charge in [0.15, 0.2) is 5.82 Å². The van der Waals surface area contributed by atoms with Crippen molar-refractivity contribution in [1.29, 1.82) is 0 Å². The maximum absolute atomic E-state index is 9.41. The van der Waals surface area contributed by atoms with Crippen LogP contribution in [-0.4, -0.2) is 73.3 Å². The SMILES string of the molecule is Nc1ncnn2c(CCCN3CCOC(CO)C3)cc(-c3ccc4cn(Cc5ccccc5)nc4c3)c12. The number of morpholine rings is 1. The maximum atomic E-state index is 9.41. The number of nitrogen functional groups attached to an aromatic ring is 1. The molecule has 1 saturated heterocycles. The van der Waals surface area contributed by atoms with Crippen LogP contribution < -0.4 is 5.73 Å². The monoisotopic (exact) mass is 497 g/mol. The topological polar surface area (TPSA) is 107 Å². The van der Waals surface area contributed by atoms with Crippen LogP contribution in [0.5, 0.6) is 0 Å². The predicted octanol–water partition coefficient (Wildman–Crippen LogP) is 3.00. The molecule has 0 radical (unpaired) electrons. The van der Waals surface area contributed by atoms with E-state index in [-0.39, 0.29) is 12.7 Å². The van der Waals surface area contributed by atoms with E-state index >= 15 is 0 Å². The molecular formula is C28H31N7O2. The molecule has 1 aliphatic heterocycles. The van der Waals surface area contributed by atoms with Gasteiger partial charge in [-0.1, -0.05) is 42.5 Å². The lowest BCUT2D eigenvalue weighted by Crippen LogP contribution is -2.44. The van der Waals surface area contributed by atoms with Crippen LogP contribution >= 0.6 is 0 Å². The van der Waals surface area contributed by atoms with Gasteiger partial charge in [-0.3, -0.25) is 9.58 Å². The largest absolute Gasteiger partial charge is 0.394 e. The second-order valence-corrected chi connectivity index (χ2v) is 9.62. The molecule has 0 saturated carbocycles. The molecule has 5 aromatic rings. The Bertz CT molecular complexity index is 1510. The molecule has 4 heterocycles. The van der Waals surface area contributed by atoms with E-state index in [9.17, 15) is 5.11 Å². The van der Waals surface area contributed by atoms with E-state index in [1.807, 2.05) is 27.4 Å². The first-order chi connectivity index (χ1) is 18.2. The number of aliphatic hydroxyl groups is 1. The van der Waals surface area contributed by atoms with Crippen LogP contribution in [0.1, 0.15) is 17.7 Å². The number of aryl methyl sites for hydroxylation is 1. The number of anilines is 1. The third kappa shape index (κ3) is 4.93. The van der Waals surface area contributed by atoms with Gasteiger partial charge in [-0.25, -0.2) is 9.50 Å². The van der Waals surface area contributed by atoms with Crippen LogP contribution in [-0.2, 0) is 17.7 Å². The van der Waals surface area contributed by atoms with E-state index < -0.39 is 0 Å². The Morgan fingerprint density at radius 2 is 2.00 bits per heavy atom. The van der Waals surface area contributed by atoms with Crippen LogP contribution in [0.15, 0.2) is 67.1 Å². The molecule has 1 atom stereocenters. The van der Waals surface area contributed by atoms with Crippen molar-refractivity contribution in [3.63, 3.8) is 0 Å². The first kappa shape index (κ1) is 23.6. The highest BCUT2D eigenvalue weighted by atomic mass is 16.5. The van der Waals surface area contributed by atoms with Crippen molar-refractivity contribution in [3.05, 3.63) is 78.4 Å². The number of nitrogens with two attached hydrogens (primary N) is 1. The van der Waals surface area contributed by atoms with E-state index in [0.29, 0.717) is 12.4 Å². The van der Waals surface area contributed by atoms with E-state index in [0.717, 1.165) is 72.3 Å². The summed E-state index contributed by atoms with van der Waals surface area (Å²) in [6.07, 6.45) is 5.33. The zero-order chi connectivity index (χ0) is 25.2. The average molecular weight is 498 g/mol. The minimum absolute atomic E-state index is 0.0637. The van der Waals surface area contributed by atoms with Gasteiger partial charge in [0, 0.05) is 35.9 Å². The smallest absolute Gasteiger partial charge is 0.151 e. The number of nitrogens with zero attached hydrogens (tertiary/aromatic N) is 6. The second kappa shape index (κ2) is 10.3. The normalized spacial score (nSPS) is 16.6. The Kier molecular flexibility index (Phi) is 6.57. The third-order valence-electron chi connectivity index (χ3n) is 7.04. The maximum Gasteiger partial charge on any atom is 0.151 e. The molecule has 6 rings (SSSR count). The summed E-state index contributed by atoms with van der Waals surface area (Å²) in [5.74, 6) is 0.463. The van der Waals surface area contributed by atoms with Gasteiger partial charge in [-0.2, -0.15) is 10.2 Å². The van der Waals surface area contributed by atoms with Crippen molar-refractivity contribution in [2.45, 2.75) is 25.5 Å². The Balaban J connectivity index is 1.26. The van der Waals surface area contributed by atoms with Gasteiger partial charge in [0.25, 0.3) is 0 Å². The zero-order valence-electron chi connectivity index (χ0n) is 20.7. The predicted molar refractivity (Wildman–Crippen MR) is 143 cm³/mol. The Hall–Kier alpha value is -3.79. The van der Waals surface area contributed by atoms with Crippen molar-refractivity contribution in [2.75, 3.05) is 38.6 Å². The first-order valence-electron chi connectivity index (χ1n) is 12.8. The van der Waals surface area contributed by atoms with Crippen molar-refractivity contribution in [1.82, 2.24) is 29.3 Å². The molecule has 1 unspecified atom stereocenters. The molecule has 3 aromatic heterocycles. The molecule has 190 valence electrons. The number of rotatable bonds is 8. The van der Waals surface area contributed by atoms with E-state index in [1.54, 1.807) is 0 Å². The van der Waals surface area contributed by atoms with E-state index in [2.05, 4.69) is 57.6 Å². The summed E-state index contributed by atoms with van der Waals surface area (Å²) in [5.41, 5.74) is 12.5. The van der Waals surface area contributed by atoms with Gasteiger partial charge < -0.3 is 15.6 Å². The zero-order valence-corrected chi connectivity index (χ0v) is 20.7. The molecule has 2 aromatic carbocycles. The summed E-state index contributed by atoms with van der Waals surface area (Å²) >= 11 is 0. The molecule has 0 bridgehead atoms. The molecule has 0 spiro atoms. The second-order valence-electron chi connectivity index (χ2n) is 9.62. The molecule has 9 nitrogen and oxygen atoms in total. The molecule has 0 aliphatic carbocycles. The Morgan fingerprint density at radius 1 is 1.11 bits per heavy atom. The number of aromatic nitrogens is 5. The lowest BCUT2D eigenvalue weighted by Gasteiger charge is -2.31. The summed E-state index contributed by atoms with van der Waals surface area (Å²) in [7, 11) is 0. The molecular weight excluding hydrogens is 466 g/mol. The fourth-order valence-electron chi connectivity index (χ4n) is 5.20. The highest BCUT2D eigenvalue weighted by molar-refractivity contribution is 5.92.